The van der Waals surface area contributed by atoms with Gasteiger partial charge in [0.15, 0.2) is 0 Å². The molecule has 1 saturated heterocycles. The van der Waals surface area contributed by atoms with Crippen molar-refractivity contribution in [1.82, 2.24) is 10.3 Å². The van der Waals surface area contributed by atoms with Crippen molar-refractivity contribution < 1.29 is 14.3 Å². The lowest BCUT2D eigenvalue weighted by molar-refractivity contribution is -0.116. The first-order chi connectivity index (χ1) is 21.5. The van der Waals surface area contributed by atoms with Gasteiger partial charge in [-0.2, -0.15) is 0 Å². The molecular formula is C38H33N3O3. The number of para-hydroxylation sites is 1. The first-order valence-electron chi connectivity index (χ1n) is 15.1. The molecule has 0 atom stereocenters. The number of carbonyl (C=O) groups is 2. The molecule has 1 amide bonds. The Hall–Kier alpha value is -4.91. The minimum Gasteiger partial charge on any atom is -0.381 e. The number of aromatic nitrogens is 1. The van der Waals surface area contributed by atoms with E-state index in [2.05, 4.69) is 53.8 Å². The summed E-state index contributed by atoms with van der Waals surface area (Å²) in [5.74, 6) is -0.394. The molecule has 218 valence electrons. The lowest BCUT2D eigenvalue weighted by Gasteiger charge is -2.23. The number of allylic oxidation sites excluding steroid dienone is 1. The molecule has 5 aromatic rings. The molecule has 4 aromatic carbocycles. The molecule has 0 saturated carbocycles. The zero-order chi connectivity index (χ0) is 30.0. The summed E-state index contributed by atoms with van der Waals surface area (Å²) in [7, 11) is 0. The molecule has 44 heavy (non-hydrogen) atoms. The van der Waals surface area contributed by atoms with Crippen LogP contribution in [0.5, 0.6) is 0 Å². The minimum absolute atomic E-state index is 0.180. The predicted octanol–water partition coefficient (Wildman–Crippen LogP) is 7.43. The van der Waals surface area contributed by atoms with Crippen LogP contribution in [0.4, 0.5) is 5.69 Å². The average molecular weight is 580 g/mol. The second kappa shape index (κ2) is 12.0. The summed E-state index contributed by atoms with van der Waals surface area (Å²) in [4.78, 5) is 32.6. The van der Waals surface area contributed by atoms with Gasteiger partial charge in [-0.05, 0) is 77.1 Å². The minimum atomic E-state index is -0.214. The maximum Gasteiger partial charge on any atom is 0.228 e. The van der Waals surface area contributed by atoms with Gasteiger partial charge in [0.1, 0.15) is 0 Å². The molecule has 0 spiro atoms. The zero-order valence-corrected chi connectivity index (χ0v) is 24.6. The number of nitrogens with zero attached hydrogens (tertiary/aromatic N) is 2. The van der Waals surface area contributed by atoms with E-state index in [1.54, 1.807) is 18.2 Å². The summed E-state index contributed by atoms with van der Waals surface area (Å²) < 4.78 is 5.52. The average Bonchev–Trinajstić information content (AvgIpc) is 3.35. The van der Waals surface area contributed by atoms with Crippen molar-refractivity contribution in [3.63, 3.8) is 0 Å². The fraction of sp³-hybridized carbons (Fsp3) is 0.184. The fourth-order valence-electron chi connectivity index (χ4n) is 6.19. The number of hydrogen-bond donors (Lipinski definition) is 1. The van der Waals surface area contributed by atoms with Crippen LogP contribution < -0.4 is 10.2 Å². The molecule has 0 bridgehead atoms. The molecule has 6 heteroatoms. The molecule has 2 aliphatic heterocycles. The van der Waals surface area contributed by atoms with E-state index < -0.39 is 0 Å². The van der Waals surface area contributed by atoms with E-state index in [4.69, 9.17) is 9.72 Å². The Bertz CT molecular complexity index is 1890. The van der Waals surface area contributed by atoms with Gasteiger partial charge in [-0.25, -0.2) is 4.98 Å². The van der Waals surface area contributed by atoms with Crippen molar-refractivity contribution in [2.24, 2.45) is 0 Å². The van der Waals surface area contributed by atoms with Crippen molar-refractivity contribution in [2.45, 2.75) is 32.4 Å². The molecule has 3 heterocycles. The third-order valence-corrected chi connectivity index (χ3v) is 8.47. The van der Waals surface area contributed by atoms with Gasteiger partial charge >= 0.3 is 0 Å². The summed E-state index contributed by atoms with van der Waals surface area (Å²) in [6.45, 7) is 3.84. The second-order valence-electron chi connectivity index (χ2n) is 11.4. The van der Waals surface area contributed by atoms with Crippen LogP contribution in [0.15, 0.2) is 109 Å². The lowest BCUT2D eigenvalue weighted by Crippen LogP contribution is -2.34. The van der Waals surface area contributed by atoms with Crippen LogP contribution >= 0.6 is 0 Å². The van der Waals surface area contributed by atoms with Crippen molar-refractivity contribution in [2.75, 3.05) is 18.1 Å². The van der Waals surface area contributed by atoms with Gasteiger partial charge < -0.3 is 10.1 Å². The fourth-order valence-corrected chi connectivity index (χ4v) is 6.19. The normalized spacial score (nSPS) is 16.1. The van der Waals surface area contributed by atoms with Crippen molar-refractivity contribution in [3.8, 4) is 22.3 Å². The van der Waals surface area contributed by atoms with Crippen LogP contribution in [0.2, 0.25) is 0 Å². The maximum atomic E-state index is 13.4. The van der Waals surface area contributed by atoms with Crippen LogP contribution in [-0.4, -0.2) is 35.9 Å². The Balaban J connectivity index is 1.31. The Morgan fingerprint density at radius 3 is 2.34 bits per heavy atom. The number of Topliss-reactive ketones (excluding diaryl/α,β-unsaturated/α-hetero) is 1. The molecule has 1 fully saturated rings. The number of anilines is 1. The first kappa shape index (κ1) is 27.9. The van der Waals surface area contributed by atoms with E-state index in [-0.39, 0.29) is 11.7 Å². The van der Waals surface area contributed by atoms with Gasteiger partial charge in [0.2, 0.25) is 11.7 Å². The van der Waals surface area contributed by atoms with Crippen LogP contribution in [-0.2, 0) is 16.1 Å². The van der Waals surface area contributed by atoms with E-state index >= 15 is 0 Å². The second-order valence-corrected chi connectivity index (χ2v) is 11.4. The Morgan fingerprint density at radius 1 is 0.864 bits per heavy atom. The zero-order valence-electron chi connectivity index (χ0n) is 24.6. The number of hydrogen-bond acceptors (Lipinski definition) is 5. The van der Waals surface area contributed by atoms with Gasteiger partial charge in [-0.15, -0.1) is 0 Å². The van der Waals surface area contributed by atoms with Crippen LogP contribution in [0.25, 0.3) is 39.2 Å². The molecule has 0 radical (unpaired) electrons. The molecular weight excluding hydrogens is 546 g/mol. The SMILES string of the molecule is CC(=O)N1/C(=C/c2cc(-c3ccc(-c4ccccc4)cc3)c3cc(CNC4CCOCC4)ccc3n2)C(=O)c2ccccc21. The number of rotatable bonds is 6. The first-order valence-corrected chi connectivity index (χ1v) is 15.1. The highest BCUT2D eigenvalue weighted by atomic mass is 16.5. The number of fused-ring (bicyclic) bond motifs is 2. The molecule has 2 aliphatic rings. The summed E-state index contributed by atoms with van der Waals surface area (Å²) >= 11 is 0. The monoisotopic (exact) mass is 579 g/mol. The highest BCUT2D eigenvalue weighted by Crippen LogP contribution is 2.37. The van der Waals surface area contributed by atoms with E-state index in [1.807, 2.05) is 42.5 Å². The number of amides is 1. The maximum absolute atomic E-state index is 13.4. The molecule has 6 nitrogen and oxygen atoms in total. The van der Waals surface area contributed by atoms with E-state index in [1.165, 1.54) is 17.4 Å². The molecule has 0 aliphatic carbocycles. The van der Waals surface area contributed by atoms with Gasteiger partial charge in [0.25, 0.3) is 0 Å². The Labute approximate surface area is 257 Å². The predicted molar refractivity (Wildman–Crippen MR) is 175 cm³/mol. The van der Waals surface area contributed by atoms with Gasteiger partial charge in [-0.3, -0.25) is 14.5 Å². The molecule has 1 N–H and O–H groups in total. The highest BCUT2D eigenvalue weighted by Gasteiger charge is 2.34. The number of ether oxygens (including phenoxy) is 1. The van der Waals surface area contributed by atoms with E-state index in [9.17, 15) is 9.59 Å². The summed E-state index contributed by atoms with van der Waals surface area (Å²) in [6.07, 6.45) is 3.78. The molecule has 7 rings (SSSR count). The van der Waals surface area contributed by atoms with E-state index in [0.29, 0.717) is 28.7 Å². The van der Waals surface area contributed by atoms with Crippen LogP contribution in [0.3, 0.4) is 0 Å². The van der Waals surface area contributed by atoms with Crippen LogP contribution in [0, 0.1) is 0 Å². The largest absolute Gasteiger partial charge is 0.381 e. The van der Waals surface area contributed by atoms with Crippen molar-refractivity contribution in [3.05, 3.63) is 126 Å². The summed E-state index contributed by atoms with van der Waals surface area (Å²) in [5, 5.41) is 4.73. The van der Waals surface area contributed by atoms with Gasteiger partial charge in [0.05, 0.1) is 22.6 Å². The Kier molecular flexibility index (Phi) is 7.61. The lowest BCUT2D eigenvalue weighted by atomic mass is 9.96. The summed E-state index contributed by atoms with van der Waals surface area (Å²) in [6, 6.07) is 35.0. The standard InChI is InChI=1S/C38H33N3O3/c1-25(42)41-36-10-6-5-9-32(36)38(43)37(41)23-31-22-33(29-14-12-28(13-15-29)27-7-3-2-4-8-27)34-21-26(11-16-35(34)40-31)24-39-30-17-19-44-20-18-30/h2-16,21-23,30,39H,17-20,24H2,1H3/b37-23+. The highest BCUT2D eigenvalue weighted by molar-refractivity contribution is 6.26. The number of ketones is 1. The summed E-state index contributed by atoms with van der Waals surface area (Å²) in [5.41, 5.74) is 8.45. The molecule has 1 aromatic heterocycles. The number of carbonyl (C=O) groups excluding carboxylic acids is 2. The topological polar surface area (TPSA) is 71.5 Å². The van der Waals surface area contributed by atoms with E-state index in [0.717, 1.165) is 65.8 Å². The van der Waals surface area contributed by atoms with Crippen LogP contribution in [0.1, 0.15) is 41.4 Å². The third kappa shape index (κ3) is 5.46. The quantitative estimate of drug-likeness (QED) is 0.212. The van der Waals surface area contributed by atoms with Crippen molar-refractivity contribution in [1.29, 1.82) is 0 Å². The third-order valence-electron chi connectivity index (χ3n) is 8.47. The van der Waals surface area contributed by atoms with Gasteiger partial charge in [0, 0.05) is 43.7 Å². The number of pyridine rings is 1. The number of nitrogens with one attached hydrogen (secondary N) is 1. The molecule has 0 unspecified atom stereocenters. The Morgan fingerprint density at radius 2 is 1.57 bits per heavy atom. The van der Waals surface area contributed by atoms with Crippen molar-refractivity contribution >= 4 is 34.4 Å². The van der Waals surface area contributed by atoms with Gasteiger partial charge in [-0.1, -0.05) is 72.8 Å². The smallest absolute Gasteiger partial charge is 0.228 e. The number of benzene rings is 4.